The van der Waals surface area contributed by atoms with Crippen molar-refractivity contribution in [3.8, 4) is 22.9 Å². The predicted molar refractivity (Wildman–Crippen MR) is 121 cm³/mol. The van der Waals surface area contributed by atoms with Crippen molar-refractivity contribution < 1.29 is 14.3 Å². The van der Waals surface area contributed by atoms with Crippen LogP contribution < -0.4 is 0 Å². The lowest BCUT2D eigenvalue weighted by molar-refractivity contribution is 0.0699. The summed E-state index contributed by atoms with van der Waals surface area (Å²) < 4.78 is 16.2. The van der Waals surface area contributed by atoms with Crippen LogP contribution >= 0.6 is 11.6 Å². The standard InChI is InChI=1S/C24H13ClFN5O2/c1-12-30-22-16(24(32)33)9-14(13-4-6-28-15(8-13)11-27)10-20(22)31(12)19-5-7-29-23-18(26)3-2-17(25)21(19)23/h2-10H,1H3,(H,32,33). The lowest BCUT2D eigenvalue weighted by Gasteiger charge is -2.13. The van der Waals surface area contributed by atoms with Crippen molar-refractivity contribution in [2.75, 3.05) is 0 Å². The summed E-state index contributed by atoms with van der Waals surface area (Å²) in [7, 11) is 0. The molecule has 3 aromatic heterocycles. The second kappa shape index (κ2) is 7.65. The summed E-state index contributed by atoms with van der Waals surface area (Å²) in [5.74, 6) is -1.18. The number of nitriles is 1. The quantitative estimate of drug-likeness (QED) is 0.394. The molecule has 2 aromatic carbocycles. The van der Waals surface area contributed by atoms with Gasteiger partial charge >= 0.3 is 5.97 Å². The molecular formula is C24H13ClFN5O2. The fourth-order valence-electron chi connectivity index (χ4n) is 3.96. The van der Waals surface area contributed by atoms with Crippen LogP contribution in [0.2, 0.25) is 5.02 Å². The van der Waals surface area contributed by atoms with Gasteiger partial charge in [-0.3, -0.25) is 9.55 Å². The third-order valence-corrected chi connectivity index (χ3v) is 5.69. The molecule has 0 fully saturated rings. The topological polar surface area (TPSA) is 105 Å². The molecular weight excluding hydrogens is 445 g/mol. The third-order valence-electron chi connectivity index (χ3n) is 5.38. The number of rotatable bonds is 3. The van der Waals surface area contributed by atoms with Gasteiger partial charge in [0, 0.05) is 17.8 Å². The number of aromatic nitrogens is 4. The van der Waals surface area contributed by atoms with E-state index < -0.39 is 11.8 Å². The minimum atomic E-state index is -1.15. The van der Waals surface area contributed by atoms with Crippen molar-refractivity contribution in [3.05, 3.63) is 82.8 Å². The van der Waals surface area contributed by atoms with Crippen LogP contribution in [0.3, 0.4) is 0 Å². The number of pyridine rings is 2. The zero-order chi connectivity index (χ0) is 23.3. The van der Waals surface area contributed by atoms with Gasteiger partial charge in [0.05, 0.1) is 21.8 Å². The molecule has 33 heavy (non-hydrogen) atoms. The summed E-state index contributed by atoms with van der Waals surface area (Å²) in [5, 5.41) is 19.8. The van der Waals surface area contributed by atoms with E-state index in [9.17, 15) is 19.6 Å². The van der Waals surface area contributed by atoms with Crippen LogP contribution in [0, 0.1) is 24.1 Å². The minimum absolute atomic E-state index is 0.00434. The molecule has 0 saturated carbocycles. The smallest absolute Gasteiger partial charge is 0.337 e. The van der Waals surface area contributed by atoms with Crippen LogP contribution in [0.25, 0.3) is 38.8 Å². The Morgan fingerprint density at radius 1 is 1.09 bits per heavy atom. The molecule has 0 bridgehead atoms. The second-order valence-corrected chi connectivity index (χ2v) is 7.72. The average molecular weight is 458 g/mol. The maximum atomic E-state index is 14.5. The van der Waals surface area contributed by atoms with Crippen molar-refractivity contribution in [1.29, 1.82) is 5.26 Å². The number of imidazole rings is 1. The Kier molecular flexibility index (Phi) is 4.77. The molecule has 160 valence electrons. The second-order valence-electron chi connectivity index (χ2n) is 7.32. The molecule has 0 spiro atoms. The highest BCUT2D eigenvalue weighted by Crippen LogP contribution is 2.35. The Labute approximate surface area is 191 Å². The van der Waals surface area contributed by atoms with Gasteiger partial charge in [-0.05, 0) is 60.5 Å². The molecule has 0 amide bonds. The van der Waals surface area contributed by atoms with Gasteiger partial charge in [0.2, 0.25) is 0 Å². The molecule has 0 saturated heterocycles. The number of carboxylic acids is 1. The molecule has 5 rings (SSSR count). The van der Waals surface area contributed by atoms with Gasteiger partial charge in [-0.15, -0.1) is 0 Å². The Morgan fingerprint density at radius 3 is 2.64 bits per heavy atom. The van der Waals surface area contributed by atoms with Crippen molar-refractivity contribution in [3.63, 3.8) is 0 Å². The van der Waals surface area contributed by atoms with E-state index in [0.717, 1.165) is 0 Å². The summed E-state index contributed by atoms with van der Waals surface area (Å²) in [6.45, 7) is 1.73. The Morgan fingerprint density at radius 2 is 1.88 bits per heavy atom. The van der Waals surface area contributed by atoms with E-state index in [1.807, 2.05) is 6.07 Å². The predicted octanol–water partition coefficient (Wildman–Crippen LogP) is 5.31. The van der Waals surface area contributed by atoms with Crippen LogP contribution in [0.4, 0.5) is 4.39 Å². The molecule has 5 aromatic rings. The first-order valence-corrected chi connectivity index (χ1v) is 10.1. The maximum absolute atomic E-state index is 14.5. The van der Waals surface area contributed by atoms with E-state index in [1.54, 1.807) is 35.8 Å². The highest BCUT2D eigenvalue weighted by atomic mass is 35.5. The molecule has 0 unspecified atom stereocenters. The summed E-state index contributed by atoms with van der Waals surface area (Å²) in [6, 6.07) is 12.9. The van der Waals surface area contributed by atoms with E-state index >= 15 is 0 Å². The fourth-order valence-corrected chi connectivity index (χ4v) is 4.21. The number of halogens is 2. The Balaban J connectivity index is 1.89. The van der Waals surface area contributed by atoms with Crippen LogP contribution in [-0.4, -0.2) is 30.6 Å². The van der Waals surface area contributed by atoms with E-state index in [1.165, 1.54) is 30.6 Å². The number of hydrogen-bond donors (Lipinski definition) is 1. The van der Waals surface area contributed by atoms with Gasteiger partial charge in [-0.25, -0.2) is 19.2 Å². The van der Waals surface area contributed by atoms with Crippen LogP contribution in [-0.2, 0) is 0 Å². The van der Waals surface area contributed by atoms with Crippen molar-refractivity contribution in [2.24, 2.45) is 0 Å². The molecule has 0 aliphatic carbocycles. The van der Waals surface area contributed by atoms with Gasteiger partial charge in [0.25, 0.3) is 0 Å². The molecule has 7 nitrogen and oxygen atoms in total. The normalized spacial score (nSPS) is 11.1. The molecule has 0 atom stereocenters. The minimum Gasteiger partial charge on any atom is -0.478 e. The molecule has 0 aliphatic rings. The fraction of sp³-hybridized carbons (Fsp3) is 0.0417. The molecule has 0 aliphatic heterocycles. The molecule has 1 N–H and O–H groups in total. The van der Waals surface area contributed by atoms with Gasteiger partial charge < -0.3 is 5.11 Å². The lowest BCUT2D eigenvalue weighted by Crippen LogP contribution is -2.02. The van der Waals surface area contributed by atoms with Gasteiger partial charge in [0.15, 0.2) is 0 Å². The summed E-state index contributed by atoms with van der Waals surface area (Å²) in [5.41, 5.74) is 2.78. The maximum Gasteiger partial charge on any atom is 0.337 e. The highest BCUT2D eigenvalue weighted by Gasteiger charge is 2.21. The third kappa shape index (κ3) is 3.26. The van der Waals surface area contributed by atoms with Gasteiger partial charge in [-0.1, -0.05) is 11.6 Å². The number of benzene rings is 2. The number of hydrogen-bond acceptors (Lipinski definition) is 5. The SMILES string of the molecule is Cc1nc2c(C(=O)O)cc(-c3ccnc(C#N)c3)cc2n1-c1ccnc2c(F)ccc(Cl)c12. The van der Waals surface area contributed by atoms with Crippen LogP contribution in [0.15, 0.2) is 54.9 Å². The van der Waals surface area contributed by atoms with Crippen LogP contribution in [0.5, 0.6) is 0 Å². The number of nitrogens with zero attached hydrogens (tertiary/aromatic N) is 5. The highest BCUT2D eigenvalue weighted by molar-refractivity contribution is 6.36. The number of aryl methyl sites for hydroxylation is 1. The summed E-state index contributed by atoms with van der Waals surface area (Å²) >= 11 is 6.42. The molecule has 3 heterocycles. The summed E-state index contributed by atoms with van der Waals surface area (Å²) in [6.07, 6.45) is 2.95. The zero-order valence-corrected chi connectivity index (χ0v) is 17.8. The average Bonchev–Trinajstić information content (AvgIpc) is 3.15. The first-order chi connectivity index (χ1) is 15.9. The van der Waals surface area contributed by atoms with Crippen molar-refractivity contribution in [2.45, 2.75) is 6.92 Å². The van der Waals surface area contributed by atoms with Crippen molar-refractivity contribution in [1.82, 2.24) is 19.5 Å². The zero-order valence-electron chi connectivity index (χ0n) is 17.0. The van der Waals surface area contributed by atoms with E-state index in [0.29, 0.717) is 38.6 Å². The molecule has 0 radical (unpaired) electrons. The monoisotopic (exact) mass is 457 g/mol. The Hall–Kier alpha value is -4.35. The van der Waals surface area contributed by atoms with Gasteiger partial charge in [-0.2, -0.15) is 5.26 Å². The lowest BCUT2D eigenvalue weighted by atomic mass is 10.0. The molecule has 9 heteroatoms. The van der Waals surface area contributed by atoms with E-state index in [-0.39, 0.29) is 22.3 Å². The summed E-state index contributed by atoms with van der Waals surface area (Å²) in [4.78, 5) is 24.7. The van der Waals surface area contributed by atoms with Crippen LogP contribution in [0.1, 0.15) is 21.9 Å². The largest absolute Gasteiger partial charge is 0.478 e. The number of aromatic carboxylic acids is 1. The number of fused-ring (bicyclic) bond motifs is 2. The van der Waals surface area contributed by atoms with Gasteiger partial charge in [0.1, 0.15) is 34.4 Å². The first-order valence-electron chi connectivity index (χ1n) is 9.75. The number of carbonyl (C=O) groups is 1. The van der Waals surface area contributed by atoms with Crippen molar-refractivity contribution >= 4 is 39.5 Å². The number of carboxylic acid groups (broad SMARTS) is 1. The van der Waals surface area contributed by atoms with E-state index in [4.69, 9.17) is 11.6 Å². The van der Waals surface area contributed by atoms with E-state index in [2.05, 4.69) is 15.0 Å². The Bertz CT molecular complexity index is 1660. The first kappa shape index (κ1) is 20.5.